The van der Waals surface area contributed by atoms with Crippen LogP contribution in [-0.4, -0.2) is 33.8 Å². The Morgan fingerprint density at radius 1 is 1.50 bits per heavy atom. The first-order valence-electron chi connectivity index (χ1n) is 3.46. The van der Waals surface area contributed by atoms with Gasteiger partial charge in [-0.1, -0.05) is 0 Å². The molecule has 1 aliphatic rings. The van der Waals surface area contributed by atoms with Crippen molar-refractivity contribution in [3.8, 4) is 0 Å². The maximum absolute atomic E-state index is 9.32. The summed E-state index contributed by atoms with van der Waals surface area (Å²) >= 11 is 3.66. The fourth-order valence-corrected chi connectivity index (χ4v) is 3.74. The standard InChI is InChI=1S/C6H13NOS2/c7-4-5(8)6-9-2-1-3-10-6/h5-6,8H,1-4,7H2. The molecular formula is C6H13NOS2. The number of rotatable bonds is 2. The molecule has 4 heteroatoms. The number of aliphatic hydroxyl groups is 1. The molecule has 0 amide bonds. The highest BCUT2D eigenvalue weighted by Gasteiger charge is 2.21. The minimum atomic E-state index is -0.310. The summed E-state index contributed by atoms with van der Waals surface area (Å²) in [6.45, 7) is 0.394. The van der Waals surface area contributed by atoms with Crippen LogP contribution in [0.3, 0.4) is 0 Å². The number of hydrogen-bond donors (Lipinski definition) is 2. The van der Waals surface area contributed by atoms with Gasteiger partial charge < -0.3 is 10.8 Å². The van der Waals surface area contributed by atoms with Crippen molar-refractivity contribution in [1.29, 1.82) is 0 Å². The van der Waals surface area contributed by atoms with Crippen molar-refractivity contribution in [3.05, 3.63) is 0 Å². The fraction of sp³-hybridized carbons (Fsp3) is 1.00. The molecular weight excluding hydrogens is 166 g/mol. The second-order valence-electron chi connectivity index (χ2n) is 2.27. The second kappa shape index (κ2) is 4.49. The summed E-state index contributed by atoms with van der Waals surface area (Å²) in [4.78, 5) is 0. The Morgan fingerprint density at radius 2 is 2.10 bits per heavy atom. The van der Waals surface area contributed by atoms with Crippen LogP contribution in [0.4, 0.5) is 0 Å². The van der Waals surface area contributed by atoms with Crippen molar-refractivity contribution in [2.24, 2.45) is 5.73 Å². The molecule has 1 heterocycles. The van der Waals surface area contributed by atoms with Crippen LogP contribution < -0.4 is 5.73 Å². The number of hydrogen-bond acceptors (Lipinski definition) is 4. The first kappa shape index (κ1) is 8.71. The van der Waals surface area contributed by atoms with E-state index in [1.165, 1.54) is 17.9 Å². The van der Waals surface area contributed by atoms with Gasteiger partial charge in [0.2, 0.25) is 0 Å². The van der Waals surface area contributed by atoms with Crippen molar-refractivity contribution in [2.75, 3.05) is 18.1 Å². The molecule has 0 radical (unpaired) electrons. The molecule has 1 rings (SSSR count). The van der Waals surface area contributed by atoms with Crippen LogP contribution in [-0.2, 0) is 0 Å². The Hall–Kier alpha value is 0.620. The van der Waals surface area contributed by atoms with Gasteiger partial charge in [0, 0.05) is 6.54 Å². The molecule has 1 unspecified atom stereocenters. The van der Waals surface area contributed by atoms with Gasteiger partial charge in [0.05, 0.1) is 10.7 Å². The Balaban J connectivity index is 2.24. The maximum atomic E-state index is 9.32. The molecule has 1 aliphatic heterocycles. The summed E-state index contributed by atoms with van der Waals surface area (Å²) in [5.74, 6) is 2.35. The quantitative estimate of drug-likeness (QED) is 0.648. The van der Waals surface area contributed by atoms with E-state index < -0.39 is 0 Å². The number of aliphatic hydroxyl groups excluding tert-OH is 1. The largest absolute Gasteiger partial charge is 0.390 e. The summed E-state index contributed by atoms with van der Waals surface area (Å²) < 4.78 is 0.332. The van der Waals surface area contributed by atoms with Crippen LogP contribution in [0.25, 0.3) is 0 Å². The predicted octanol–water partition coefficient (Wildman–Crippen LogP) is 0.502. The van der Waals surface area contributed by atoms with Gasteiger partial charge >= 0.3 is 0 Å². The molecule has 10 heavy (non-hydrogen) atoms. The Bertz CT molecular complexity index is 95.7. The normalized spacial score (nSPS) is 24.6. The van der Waals surface area contributed by atoms with Crippen molar-refractivity contribution in [3.63, 3.8) is 0 Å². The molecule has 3 N–H and O–H groups in total. The summed E-state index contributed by atoms with van der Waals surface area (Å²) in [6, 6.07) is 0. The van der Waals surface area contributed by atoms with Crippen LogP contribution in [0.5, 0.6) is 0 Å². The van der Waals surface area contributed by atoms with Crippen LogP contribution in [0.1, 0.15) is 6.42 Å². The van der Waals surface area contributed by atoms with Crippen LogP contribution in [0, 0.1) is 0 Å². The molecule has 0 aromatic heterocycles. The Labute approximate surface area is 69.9 Å². The van der Waals surface area contributed by atoms with E-state index in [0.717, 1.165) is 0 Å². The Morgan fingerprint density at radius 3 is 2.60 bits per heavy atom. The van der Waals surface area contributed by atoms with Gasteiger partial charge in [0.1, 0.15) is 0 Å². The maximum Gasteiger partial charge on any atom is 0.0872 e. The highest BCUT2D eigenvalue weighted by Crippen LogP contribution is 2.32. The molecule has 1 atom stereocenters. The molecule has 2 nitrogen and oxygen atoms in total. The van der Waals surface area contributed by atoms with Crippen LogP contribution >= 0.6 is 23.5 Å². The fourth-order valence-electron chi connectivity index (χ4n) is 0.839. The summed E-state index contributed by atoms with van der Waals surface area (Å²) in [6.07, 6.45) is 0.957. The third-order valence-electron chi connectivity index (χ3n) is 1.41. The molecule has 0 saturated carbocycles. The first-order chi connectivity index (χ1) is 4.84. The van der Waals surface area contributed by atoms with Gasteiger partial charge in [-0.3, -0.25) is 0 Å². The first-order valence-corrected chi connectivity index (χ1v) is 5.55. The molecule has 1 saturated heterocycles. The van der Waals surface area contributed by atoms with Crippen LogP contribution in [0.2, 0.25) is 0 Å². The van der Waals surface area contributed by atoms with Gasteiger partial charge in [0.25, 0.3) is 0 Å². The van der Waals surface area contributed by atoms with E-state index >= 15 is 0 Å². The van der Waals surface area contributed by atoms with Gasteiger partial charge in [-0.25, -0.2) is 0 Å². The number of thioether (sulfide) groups is 2. The lowest BCUT2D eigenvalue weighted by atomic mass is 10.4. The van der Waals surface area contributed by atoms with Crippen molar-refractivity contribution < 1.29 is 5.11 Å². The van der Waals surface area contributed by atoms with E-state index in [1.807, 2.05) is 23.5 Å². The molecule has 0 aromatic carbocycles. The predicted molar refractivity (Wildman–Crippen MR) is 48.4 cm³/mol. The summed E-state index contributed by atoms with van der Waals surface area (Å²) in [5, 5.41) is 9.32. The van der Waals surface area contributed by atoms with E-state index in [9.17, 15) is 5.11 Å². The van der Waals surface area contributed by atoms with E-state index in [4.69, 9.17) is 5.73 Å². The summed E-state index contributed by atoms with van der Waals surface area (Å²) in [7, 11) is 0. The van der Waals surface area contributed by atoms with Gasteiger partial charge in [-0.15, -0.1) is 23.5 Å². The molecule has 1 fully saturated rings. The van der Waals surface area contributed by atoms with Gasteiger partial charge in [0.15, 0.2) is 0 Å². The molecule has 0 aromatic rings. The van der Waals surface area contributed by atoms with Crippen molar-refractivity contribution in [2.45, 2.75) is 17.1 Å². The average Bonchev–Trinajstić information content (AvgIpc) is 2.05. The lowest BCUT2D eigenvalue weighted by Crippen LogP contribution is -2.30. The van der Waals surface area contributed by atoms with Gasteiger partial charge in [-0.2, -0.15) is 0 Å². The third-order valence-corrected chi connectivity index (χ3v) is 4.56. The van der Waals surface area contributed by atoms with E-state index in [1.54, 1.807) is 0 Å². The van der Waals surface area contributed by atoms with Gasteiger partial charge in [-0.05, 0) is 17.9 Å². The minimum absolute atomic E-state index is 0.310. The van der Waals surface area contributed by atoms with E-state index in [0.29, 0.717) is 11.1 Å². The SMILES string of the molecule is NCC(O)C1SCCCS1. The minimum Gasteiger partial charge on any atom is -0.390 e. The zero-order chi connectivity index (χ0) is 7.40. The van der Waals surface area contributed by atoms with Crippen molar-refractivity contribution >= 4 is 23.5 Å². The third kappa shape index (κ3) is 2.34. The number of nitrogens with two attached hydrogens (primary N) is 1. The zero-order valence-corrected chi connectivity index (χ0v) is 7.46. The topological polar surface area (TPSA) is 46.2 Å². The lowest BCUT2D eigenvalue weighted by Gasteiger charge is -2.24. The Kier molecular flexibility index (Phi) is 3.91. The van der Waals surface area contributed by atoms with Crippen molar-refractivity contribution in [1.82, 2.24) is 0 Å². The zero-order valence-electron chi connectivity index (χ0n) is 5.82. The van der Waals surface area contributed by atoms with E-state index in [2.05, 4.69) is 0 Å². The van der Waals surface area contributed by atoms with E-state index in [-0.39, 0.29) is 6.10 Å². The lowest BCUT2D eigenvalue weighted by molar-refractivity contribution is 0.200. The smallest absolute Gasteiger partial charge is 0.0872 e. The highest BCUT2D eigenvalue weighted by molar-refractivity contribution is 8.17. The average molecular weight is 179 g/mol. The molecule has 0 aliphatic carbocycles. The van der Waals surface area contributed by atoms with Crippen LogP contribution in [0.15, 0.2) is 0 Å². The second-order valence-corrected chi connectivity index (χ2v) is 5.06. The summed E-state index contributed by atoms with van der Waals surface area (Å²) in [5.41, 5.74) is 5.33. The molecule has 0 spiro atoms. The molecule has 60 valence electrons. The highest BCUT2D eigenvalue weighted by atomic mass is 32.2. The molecule has 0 bridgehead atoms. The monoisotopic (exact) mass is 179 g/mol.